The zero-order valence-electron chi connectivity index (χ0n) is 16.4. The Morgan fingerprint density at radius 1 is 0.929 bits per heavy atom. The van der Waals surface area contributed by atoms with E-state index >= 15 is 0 Å². The molecule has 0 radical (unpaired) electrons. The summed E-state index contributed by atoms with van der Waals surface area (Å²) in [6, 6.07) is 11.1. The largest absolute Gasteiger partial charge is 0.419 e. The van der Waals surface area contributed by atoms with Crippen molar-refractivity contribution in [2.75, 3.05) is 31.1 Å². The van der Waals surface area contributed by atoms with Crippen LogP contribution in [0.25, 0.3) is 0 Å². The maximum Gasteiger partial charge on any atom is 0.419 e. The summed E-state index contributed by atoms with van der Waals surface area (Å²) in [5.74, 6) is 0.493. The zero-order chi connectivity index (χ0) is 20.5. The second-order valence-electron chi connectivity index (χ2n) is 8.22. The third-order valence-corrected chi connectivity index (χ3v) is 5.35. The van der Waals surface area contributed by atoms with Crippen LogP contribution in [0.15, 0.2) is 36.4 Å². The predicted octanol–water partition coefficient (Wildman–Crippen LogP) is 5.37. The Kier molecular flexibility index (Phi) is 5.92. The van der Waals surface area contributed by atoms with Crippen molar-refractivity contribution in [2.24, 2.45) is 0 Å². The fourth-order valence-electron chi connectivity index (χ4n) is 3.32. The smallest absolute Gasteiger partial charge is 0.354 e. The summed E-state index contributed by atoms with van der Waals surface area (Å²) in [7, 11) is 0. The zero-order valence-corrected chi connectivity index (χ0v) is 17.1. The minimum Gasteiger partial charge on any atom is -0.354 e. The van der Waals surface area contributed by atoms with Crippen LogP contribution >= 0.6 is 11.6 Å². The Labute approximate surface area is 169 Å². The molecule has 0 N–H and O–H groups in total. The number of rotatable bonds is 3. The van der Waals surface area contributed by atoms with Gasteiger partial charge >= 0.3 is 6.18 Å². The third-order valence-electron chi connectivity index (χ3n) is 5.06. The highest BCUT2D eigenvalue weighted by atomic mass is 35.5. The molecule has 0 bridgehead atoms. The highest BCUT2D eigenvalue weighted by Gasteiger charge is 2.34. The molecule has 1 aliphatic heterocycles. The van der Waals surface area contributed by atoms with Gasteiger partial charge in [-0.2, -0.15) is 13.2 Å². The van der Waals surface area contributed by atoms with E-state index in [-0.39, 0.29) is 5.41 Å². The lowest BCUT2D eigenvalue weighted by molar-refractivity contribution is -0.137. The second-order valence-corrected chi connectivity index (χ2v) is 8.57. The van der Waals surface area contributed by atoms with Gasteiger partial charge in [-0.05, 0) is 28.7 Å². The number of halogens is 4. The number of hydrogen-bond donors (Lipinski definition) is 0. The normalized spacial score (nSPS) is 16.5. The molecular formula is C21H25ClF3N3. The molecule has 7 heteroatoms. The minimum atomic E-state index is -4.48. The molecule has 3 nitrogen and oxygen atoms in total. The Hall–Kier alpha value is -1.79. The van der Waals surface area contributed by atoms with E-state index in [1.165, 1.54) is 17.2 Å². The van der Waals surface area contributed by atoms with Crippen LogP contribution in [0.2, 0.25) is 5.15 Å². The Morgan fingerprint density at radius 3 is 2.04 bits per heavy atom. The maximum atomic E-state index is 12.8. The van der Waals surface area contributed by atoms with Gasteiger partial charge in [0.05, 0.1) is 5.56 Å². The summed E-state index contributed by atoms with van der Waals surface area (Å²) in [6.07, 6.45) is -4.48. The van der Waals surface area contributed by atoms with Gasteiger partial charge in [-0.3, -0.25) is 4.90 Å². The van der Waals surface area contributed by atoms with E-state index in [0.29, 0.717) is 18.9 Å². The molecule has 1 aromatic heterocycles. The molecule has 2 aromatic rings. The summed E-state index contributed by atoms with van der Waals surface area (Å²) in [4.78, 5) is 8.28. The van der Waals surface area contributed by atoms with E-state index in [9.17, 15) is 13.2 Å². The average Bonchev–Trinajstić information content (AvgIpc) is 2.61. The van der Waals surface area contributed by atoms with E-state index < -0.39 is 16.9 Å². The molecule has 3 rings (SSSR count). The summed E-state index contributed by atoms with van der Waals surface area (Å²) in [5.41, 5.74) is 1.82. The molecule has 152 valence electrons. The highest BCUT2D eigenvalue weighted by molar-refractivity contribution is 6.30. The van der Waals surface area contributed by atoms with Crippen LogP contribution < -0.4 is 4.90 Å². The molecule has 1 fully saturated rings. The Morgan fingerprint density at radius 2 is 1.54 bits per heavy atom. The molecule has 0 saturated carbocycles. The molecule has 1 aliphatic rings. The number of anilines is 1. The van der Waals surface area contributed by atoms with E-state index in [1.807, 2.05) is 4.90 Å². The molecule has 0 unspecified atom stereocenters. The first-order valence-corrected chi connectivity index (χ1v) is 9.72. The molecule has 0 spiro atoms. The fraction of sp³-hybridized carbons (Fsp3) is 0.476. The number of alkyl halides is 3. The number of benzene rings is 1. The summed E-state index contributed by atoms with van der Waals surface area (Å²) >= 11 is 5.75. The van der Waals surface area contributed by atoms with Gasteiger partial charge in [0.1, 0.15) is 11.0 Å². The number of piperazine rings is 1. The van der Waals surface area contributed by atoms with Crippen molar-refractivity contribution in [1.29, 1.82) is 0 Å². The van der Waals surface area contributed by atoms with Crippen molar-refractivity contribution < 1.29 is 13.2 Å². The van der Waals surface area contributed by atoms with Crippen LogP contribution in [0.3, 0.4) is 0 Å². The first-order valence-electron chi connectivity index (χ1n) is 9.34. The standard InChI is InChI=1S/C21H25ClF3N3/c1-20(2,3)16-6-4-15(5-7-16)14-27-10-12-28(13-11-27)18-9-8-17(19(22)26-18)21(23,24)25/h4-9H,10-14H2,1-3H3. The molecule has 0 amide bonds. The van der Waals surface area contributed by atoms with Crippen molar-refractivity contribution in [2.45, 2.75) is 38.9 Å². The number of nitrogens with zero attached hydrogens (tertiary/aromatic N) is 3. The molecule has 2 heterocycles. The van der Waals surface area contributed by atoms with Crippen molar-refractivity contribution in [3.05, 3.63) is 58.2 Å². The molecule has 1 saturated heterocycles. The van der Waals surface area contributed by atoms with Crippen LogP contribution in [0.1, 0.15) is 37.5 Å². The maximum absolute atomic E-state index is 12.8. The molecule has 28 heavy (non-hydrogen) atoms. The number of aromatic nitrogens is 1. The fourth-order valence-corrected chi connectivity index (χ4v) is 3.57. The first kappa shape index (κ1) is 20.9. The SMILES string of the molecule is CC(C)(C)c1ccc(CN2CCN(c3ccc(C(F)(F)F)c(Cl)n3)CC2)cc1. The van der Waals surface area contributed by atoms with Gasteiger partial charge in [-0.25, -0.2) is 4.98 Å². The molecule has 0 atom stereocenters. The van der Waals surface area contributed by atoms with Crippen molar-refractivity contribution >= 4 is 17.4 Å². The van der Waals surface area contributed by atoms with Crippen molar-refractivity contribution in [3.63, 3.8) is 0 Å². The topological polar surface area (TPSA) is 19.4 Å². The summed E-state index contributed by atoms with van der Waals surface area (Å²) in [6.45, 7) is 10.5. The van der Waals surface area contributed by atoms with E-state index in [1.54, 1.807) is 0 Å². The first-order chi connectivity index (χ1) is 13.0. The van der Waals surface area contributed by atoms with Crippen LogP contribution in [-0.4, -0.2) is 36.1 Å². The quantitative estimate of drug-likeness (QED) is 0.632. The Balaban J connectivity index is 1.58. The van der Waals surface area contributed by atoms with Gasteiger partial charge in [-0.1, -0.05) is 56.6 Å². The van der Waals surface area contributed by atoms with Gasteiger partial charge in [0.2, 0.25) is 0 Å². The van der Waals surface area contributed by atoms with Gasteiger partial charge in [0.15, 0.2) is 0 Å². The molecular weight excluding hydrogens is 387 g/mol. The van der Waals surface area contributed by atoms with E-state index in [4.69, 9.17) is 11.6 Å². The van der Waals surface area contributed by atoms with Crippen molar-refractivity contribution in [1.82, 2.24) is 9.88 Å². The Bertz CT molecular complexity index is 805. The lowest BCUT2D eigenvalue weighted by Gasteiger charge is -2.35. The molecule has 1 aromatic carbocycles. The lowest BCUT2D eigenvalue weighted by atomic mass is 9.87. The lowest BCUT2D eigenvalue weighted by Crippen LogP contribution is -2.46. The van der Waals surface area contributed by atoms with Gasteiger partial charge in [0, 0.05) is 32.7 Å². The number of pyridine rings is 1. The van der Waals surface area contributed by atoms with Crippen LogP contribution in [-0.2, 0) is 18.1 Å². The van der Waals surface area contributed by atoms with Gasteiger partial charge < -0.3 is 4.90 Å². The van der Waals surface area contributed by atoms with Gasteiger partial charge in [0.25, 0.3) is 0 Å². The summed E-state index contributed by atoms with van der Waals surface area (Å²) < 4.78 is 38.5. The van der Waals surface area contributed by atoms with E-state index in [2.05, 4.69) is 54.9 Å². The number of hydrogen-bond acceptors (Lipinski definition) is 3. The molecule has 0 aliphatic carbocycles. The monoisotopic (exact) mass is 411 g/mol. The summed E-state index contributed by atoms with van der Waals surface area (Å²) in [5, 5.41) is -0.494. The van der Waals surface area contributed by atoms with E-state index in [0.717, 1.165) is 25.7 Å². The second kappa shape index (κ2) is 7.91. The highest BCUT2D eigenvalue weighted by Crippen LogP contribution is 2.34. The predicted molar refractivity (Wildman–Crippen MR) is 107 cm³/mol. The van der Waals surface area contributed by atoms with Crippen LogP contribution in [0, 0.1) is 0 Å². The van der Waals surface area contributed by atoms with Gasteiger partial charge in [-0.15, -0.1) is 0 Å². The third kappa shape index (κ3) is 4.97. The average molecular weight is 412 g/mol. The minimum absolute atomic E-state index is 0.139. The van der Waals surface area contributed by atoms with Crippen LogP contribution in [0.5, 0.6) is 0 Å². The van der Waals surface area contributed by atoms with Crippen molar-refractivity contribution in [3.8, 4) is 0 Å². The van der Waals surface area contributed by atoms with Crippen LogP contribution in [0.4, 0.5) is 19.0 Å².